The van der Waals surface area contributed by atoms with Gasteiger partial charge in [0.15, 0.2) is 5.16 Å². The fourth-order valence-corrected chi connectivity index (χ4v) is 1.87. The van der Waals surface area contributed by atoms with Gasteiger partial charge in [0.2, 0.25) is 11.2 Å². The van der Waals surface area contributed by atoms with Crippen LogP contribution in [0.15, 0.2) is 5.16 Å². The Morgan fingerprint density at radius 1 is 1.33 bits per heavy atom. The summed E-state index contributed by atoms with van der Waals surface area (Å²) in [5, 5.41) is 3.94. The molecule has 0 aromatic carbocycles. The molecule has 0 radical (unpaired) electrons. The minimum Gasteiger partial charge on any atom is -0.354 e. The second kappa shape index (κ2) is 6.12. The lowest BCUT2D eigenvalue weighted by atomic mass is 10.3. The third-order valence-corrected chi connectivity index (χ3v) is 2.91. The standard InChI is InChI=1S/C9H15ClN4S/c1-4-11-8-12-7(10)13-9(14-8)15-5-6(2)3/h6H,4-5H2,1-3H3,(H,11,12,13,14). The maximum absolute atomic E-state index is 5.79. The number of nitrogens with zero attached hydrogens (tertiary/aromatic N) is 3. The van der Waals surface area contributed by atoms with Crippen LogP contribution in [-0.4, -0.2) is 27.2 Å². The van der Waals surface area contributed by atoms with Crippen molar-refractivity contribution in [2.75, 3.05) is 17.6 Å². The molecule has 84 valence electrons. The summed E-state index contributed by atoms with van der Waals surface area (Å²) in [6, 6.07) is 0. The highest BCUT2D eigenvalue weighted by atomic mass is 35.5. The highest BCUT2D eigenvalue weighted by molar-refractivity contribution is 7.99. The third-order valence-electron chi connectivity index (χ3n) is 1.47. The van der Waals surface area contributed by atoms with E-state index < -0.39 is 0 Å². The van der Waals surface area contributed by atoms with Crippen molar-refractivity contribution in [1.29, 1.82) is 0 Å². The van der Waals surface area contributed by atoms with E-state index in [-0.39, 0.29) is 5.28 Å². The average molecular weight is 247 g/mol. The van der Waals surface area contributed by atoms with Crippen LogP contribution in [0.5, 0.6) is 0 Å². The van der Waals surface area contributed by atoms with E-state index in [2.05, 4.69) is 34.1 Å². The Labute approximate surface area is 99.3 Å². The molecular formula is C9H15ClN4S. The minimum atomic E-state index is 0.243. The van der Waals surface area contributed by atoms with E-state index >= 15 is 0 Å². The fourth-order valence-electron chi connectivity index (χ4n) is 0.875. The van der Waals surface area contributed by atoms with E-state index in [0.29, 0.717) is 17.0 Å². The molecule has 1 aromatic rings. The Kier molecular flexibility index (Phi) is 5.11. The zero-order chi connectivity index (χ0) is 11.3. The van der Waals surface area contributed by atoms with Crippen LogP contribution in [-0.2, 0) is 0 Å². The summed E-state index contributed by atoms with van der Waals surface area (Å²) in [6.45, 7) is 7.06. The molecule has 0 amide bonds. The number of halogens is 1. The lowest BCUT2D eigenvalue weighted by molar-refractivity contribution is 0.747. The van der Waals surface area contributed by atoms with E-state index in [9.17, 15) is 0 Å². The zero-order valence-corrected chi connectivity index (χ0v) is 10.7. The Hall–Kier alpha value is -0.550. The first kappa shape index (κ1) is 12.5. The van der Waals surface area contributed by atoms with Crippen LogP contribution in [0.1, 0.15) is 20.8 Å². The highest BCUT2D eigenvalue weighted by Crippen LogP contribution is 2.18. The molecule has 15 heavy (non-hydrogen) atoms. The smallest absolute Gasteiger partial charge is 0.228 e. The largest absolute Gasteiger partial charge is 0.354 e. The summed E-state index contributed by atoms with van der Waals surface area (Å²) in [4.78, 5) is 12.3. The van der Waals surface area contributed by atoms with Crippen molar-refractivity contribution in [3.63, 3.8) is 0 Å². The summed E-state index contributed by atoms with van der Waals surface area (Å²) in [6.07, 6.45) is 0. The maximum atomic E-state index is 5.79. The quantitative estimate of drug-likeness (QED) is 0.810. The first-order valence-corrected chi connectivity index (χ1v) is 6.26. The lowest BCUT2D eigenvalue weighted by Gasteiger charge is -2.05. The predicted molar refractivity (Wildman–Crippen MR) is 64.6 cm³/mol. The van der Waals surface area contributed by atoms with Crippen molar-refractivity contribution >= 4 is 29.3 Å². The van der Waals surface area contributed by atoms with Gasteiger partial charge in [0, 0.05) is 12.3 Å². The molecule has 1 rings (SSSR count). The maximum Gasteiger partial charge on any atom is 0.228 e. The van der Waals surface area contributed by atoms with Crippen molar-refractivity contribution in [2.45, 2.75) is 25.9 Å². The summed E-state index contributed by atoms with van der Waals surface area (Å²) in [5.74, 6) is 2.13. The first-order valence-electron chi connectivity index (χ1n) is 4.90. The van der Waals surface area contributed by atoms with Gasteiger partial charge in [-0.2, -0.15) is 15.0 Å². The second-order valence-corrected chi connectivity index (χ2v) is 4.77. The van der Waals surface area contributed by atoms with Gasteiger partial charge in [-0.05, 0) is 24.4 Å². The Morgan fingerprint density at radius 3 is 2.67 bits per heavy atom. The van der Waals surface area contributed by atoms with Crippen molar-refractivity contribution in [2.24, 2.45) is 5.92 Å². The normalized spacial score (nSPS) is 10.7. The van der Waals surface area contributed by atoms with Gasteiger partial charge in [0.1, 0.15) is 0 Å². The van der Waals surface area contributed by atoms with E-state index in [4.69, 9.17) is 11.6 Å². The van der Waals surface area contributed by atoms with Crippen LogP contribution in [0, 0.1) is 5.92 Å². The van der Waals surface area contributed by atoms with Gasteiger partial charge in [-0.25, -0.2) is 0 Å². The Morgan fingerprint density at radius 2 is 2.07 bits per heavy atom. The average Bonchev–Trinajstić information content (AvgIpc) is 2.14. The fraction of sp³-hybridized carbons (Fsp3) is 0.667. The summed E-state index contributed by atoms with van der Waals surface area (Å²) in [5.41, 5.74) is 0. The Balaban J connectivity index is 2.70. The lowest BCUT2D eigenvalue weighted by Crippen LogP contribution is -2.05. The molecule has 1 heterocycles. The molecule has 0 bridgehead atoms. The molecule has 0 aliphatic heterocycles. The molecule has 1 aromatic heterocycles. The third kappa shape index (κ3) is 4.66. The van der Waals surface area contributed by atoms with Gasteiger partial charge in [0.05, 0.1) is 0 Å². The van der Waals surface area contributed by atoms with E-state index in [0.717, 1.165) is 12.3 Å². The number of thioether (sulfide) groups is 1. The second-order valence-electron chi connectivity index (χ2n) is 3.45. The number of aromatic nitrogens is 3. The monoisotopic (exact) mass is 246 g/mol. The van der Waals surface area contributed by atoms with Crippen LogP contribution >= 0.6 is 23.4 Å². The van der Waals surface area contributed by atoms with Crippen molar-refractivity contribution in [3.05, 3.63) is 5.28 Å². The molecule has 6 heteroatoms. The molecule has 0 aliphatic rings. The molecule has 0 spiro atoms. The van der Waals surface area contributed by atoms with Gasteiger partial charge >= 0.3 is 0 Å². The molecule has 0 saturated carbocycles. The van der Waals surface area contributed by atoms with Gasteiger partial charge in [-0.1, -0.05) is 25.6 Å². The molecule has 1 N–H and O–H groups in total. The van der Waals surface area contributed by atoms with Crippen LogP contribution in [0.3, 0.4) is 0 Å². The topological polar surface area (TPSA) is 50.7 Å². The number of hydrogen-bond donors (Lipinski definition) is 1. The van der Waals surface area contributed by atoms with Crippen molar-refractivity contribution < 1.29 is 0 Å². The molecular weight excluding hydrogens is 232 g/mol. The number of rotatable bonds is 5. The molecule has 0 saturated heterocycles. The summed E-state index contributed by atoms with van der Waals surface area (Å²) in [7, 11) is 0. The predicted octanol–water partition coefficient (Wildman–Crippen LogP) is 2.70. The molecule has 4 nitrogen and oxygen atoms in total. The number of hydrogen-bond acceptors (Lipinski definition) is 5. The Bertz CT molecular complexity index is 319. The van der Waals surface area contributed by atoms with Gasteiger partial charge in [-0.15, -0.1) is 0 Å². The molecule has 0 unspecified atom stereocenters. The zero-order valence-electron chi connectivity index (χ0n) is 9.12. The first-order chi connectivity index (χ1) is 7.11. The number of anilines is 1. The highest BCUT2D eigenvalue weighted by Gasteiger charge is 2.05. The molecule has 0 aliphatic carbocycles. The van der Waals surface area contributed by atoms with Crippen LogP contribution in [0.4, 0.5) is 5.95 Å². The molecule has 0 atom stereocenters. The minimum absolute atomic E-state index is 0.243. The van der Waals surface area contributed by atoms with Gasteiger partial charge in [0.25, 0.3) is 0 Å². The van der Waals surface area contributed by atoms with Gasteiger partial charge in [-0.3, -0.25) is 0 Å². The van der Waals surface area contributed by atoms with Crippen molar-refractivity contribution in [1.82, 2.24) is 15.0 Å². The van der Waals surface area contributed by atoms with E-state index in [1.807, 2.05) is 6.92 Å². The van der Waals surface area contributed by atoms with Crippen molar-refractivity contribution in [3.8, 4) is 0 Å². The van der Waals surface area contributed by atoms with E-state index in [1.165, 1.54) is 0 Å². The van der Waals surface area contributed by atoms with E-state index in [1.54, 1.807) is 11.8 Å². The van der Waals surface area contributed by atoms with Crippen LogP contribution in [0.2, 0.25) is 5.28 Å². The molecule has 0 fully saturated rings. The number of nitrogens with one attached hydrogen (secondary N) is 1. The van der Waals surface area contributed by atoms with Gasteiger partial charge < -0.3 is 5.32 Å². The van der Waals surface area contributed by atoms with Crippen LogP contribution < -0.4 is 5.32 Å². The summed E-state index contributed by atoms with van der Waals surface area (Å²) >= 11 is 7.38. The summed E-state index contributed by atoms with van der Waals surface area (Å²) < 4.78 is 0. The van der Waals surface area contributed by atoms with Crippen LogP contribution in [0.25, 0.3) is 0 Å². The SMILES string of the molecule is CCNc1nc(Cl)nc(SCC(C)C)n1.